The van der Waals surface area contributed by atoms with Crippen LogP contribution in [0.2, 0.25) is 0 Å². The summed E-state index contributed by atoms with van der Waals surface area (Å²) < 4.78 is 14.7. The van der Waals surface area contributed by atoms with Crippen LogP contribution in [0.3, 0.4) is 0 Å². The number of aryl methyl sites for hydroxylation is 2. The van der Waals surface area contributed by atoms with E-state index in [1.165, 1.54) is 6.07 Å². The summed E-state index contributed by atoms with van der Waals surface area (Å²) in [6, 6.07) is 10.2. The molecule has 0 aliphatic carbocycles. The highest BCUT2D eigenvalue weighted by Gasteiger charge is 2.17. The smallest absolute Gasteiger partial charge is 0.196 e. The summed E-state index contributed by atoms with van der Waals surface area (Å²) in [6.07, 6.45) is 0. The van der Waals surface area contributed by atoms with Crippen molar-refractivity contribution in [2.75, 3.05) is 0 Å². The van der Waals surface area contributed by atoms with E-state index in [4.69, 9.17) is 0 Å². The first-order chi connectivity index (χ1) is 8.49. The molecule has 0 unspecified atom stereocenters. The number of hydrogen-bond acceptors (Lipinski definition) is 1. The molecule has 0 N–H and O–H groups in total. The molecule has 0 aliphatic rings. The SMILES string of the molecule is Cc1cc(C)c(C(=O)c2cccc(Br)c2)c(F)c1. The molecule has 0 spiro atoms. The molecule has 2 rings (SSSR count). The molecule has 0 saturated carbocycles. The number of hydrogen-bond donors (Lipinski definition) is 0. The second-order valence-electron chi connectivity index (χ2n) is 4.28. The summed E-state index contributed by atoms with van der Waals surface area (Å²) in [4.78, 5) is 12.3. The van der Waals surface area contributed by atoms with Crippen LogP contribution in [0.15, 0.2) is 40.9 Å². The zero-order valence-electron chi connectivity index (χ0n) is 10.1. The maximum Gasteiger partial charge on any atom is 0.196 e. The molecule has 0 radical (unpaired) electrons. The highest BCUT2D eigenvalue weighted by atomic mass is 79.9. The van der Waals surface area contributed by atoms with Gasteiger partial charge in [-0.2, -0.15) is 0 Å². The minimum atomic E-state index is -0.461. The molecule has 0 fully saturated rings. The second kappa shape index (κ2) is 5.02. The molecular weight excluding hydrogens is 295 g/mol. The van der Waals surface area contributed by atoms with E-state index in [-0.39, 0.29) is 11.3 Å². The Hall–Kier alpha value is -1.48. The lowest BCUT2D eigenvalue weighted by Crippen LogP contribution is -2.07. The lowest BCUT2D eigenvalue weighted by Gasteiger charge is -2.08. The van der Waals surface area contributed by atoms with Crippen molar-refractivity contribution in [3.63, 3.8) is 0 Å². The van der Waals surface area contributed by atoms with E-state index in [9.17, 15) is 9.18 Å². The van der Waals surface area contributed by atoms with Gasteiger partial charge in [0.05, 0.1) is 5.56 Å². The summed E-state index contributed by atoms with van der Waals surface area (Å²) in [5, 5.41) is 0. The van der Waals surface area contributed by atoms with Gasteiger partial charge in [0.1, 0.15) is 5.82 Å². The van der Waals surface area contributed by atoms with Crippen molar-refractivity contribution < 1.29 is 9.18 Å². The minimum Gasteiger partial charge on any atom is -0.288 e. The van der Waals surface area contributed by atoms with Crippen LogP contribution in [0, 0.1) is 19.7 Å². The van der Waals surface area contributed by atoms with Gasteiger partial charge in [0.2, 0.25) is 0 Å². The molecule has 0 saturated heterocycles. The Labute approximate surface area is 114 Å². The number of carbonyl (C=O) groups is 1. The van der Waals surface area contributed by atoms with E-state index in [0.717, 1.165) is 10.0 Å². The molecule has 18 heavy (non-hydrogen) atoms. The molecule has 0 aliphatic heterocycles. The summed E-state index contributed by atoms with van der Waals surface area (Å²) in [7, 11) is 0. The third-order valence-corrected chi connectivity index (χ3v) is 3.24. The number of carbonyl (C=O) groups excluding carboxylic acids is 1. The van der Waals surface area contributed by atoms with Gasteiger partial charge in [0.15, 0.2) is 5.78 Å². The van der Waals surface area contributed by atoms with Gasteiger partial charge in [-0.05, 0) is 43.2 Å². The average Bonchev–Trinajstić information content (AvgIpc) is 2.27. The lowest BCUT2D eigenvalue weighted by atomic mass is 9.97. The van der Waals surface area contributed by atoms with Gasteiger partial charge in [0.25, 0.3) is 0 Å². The quantitative estimate of drug-likeness (QED) is 0.750. The van der Waals surface area contributed by atoms with E-state index in [1.807, 2.05) is 19.1 Å². The van der Waals surface area contributed by atoms with Crippen LogP contribution in [-0.4, -0.2) is 5.78 Å². The normalized spacial score (nSPS) is 10.4. The molecule has 3 heteroatoms. The van der Waals surface area contributed by atoms with Gasteiger partial charge in [-0.1, -0.05) is 34.1 Å². The Morgan fingerprint density at radius 2 is 1.89 bits per heavy atom. The predicted molar refractivity (Wildman–Crippen MR) is 73.4 cm³/mol. The Bertz CT molecular complexity index is 597. The van der Waals surface area contributed by atoms with Crippen LogP contribution in [0.25, 0.3) is 0 Å². The Morgan fingerprint density at radius 1 is 1.17 bits per heavy atom. The standard InChI is InChI=1S/C15H12BrFO/c1-9-6-10(2)14(13(17)7-9)15(18)11-4-3-5-12(16)8-11/h3-8H,1-2H3. The second-order valence-corrected chi connectivity index (χ2v) is 5.19. The van der Waals surface area contributed by atoms with Crippen LogP contribution < -0.4 is 0 Å². The van der Waals surface area contributed by atoms with Crippen molar-refractivity contribution in [1.29, 1.82) is 0 Å². The third kappa shape index (κ3) is 2.51. The van der Waals surface area contributed by atoms with Crippen molar-refractivity contribution in [3.05, 3.63) is 68.9 Å². The summed E-state index contributed by atoms with van der Waals surface area (Å²) in [6.45, 7) is 3.56. The molecule has 92 valence electrons. The molecular formula is C15H12BrFO. The maximum absolute atomic E-state index is 13.9. The average molecular weight is 307 g/mol. The summed E-state index contributed by atoms with van der Waals surface area (Å²) in [5.41, 5.74) is 2.11. The first kappa shape index (κ1) is 13.0. The van der Waals surface area contributed by atoms with Crippen LogP contribution in [-0.2, 0) is 0 Å². The highest BCUT2D eigenvalue weighted by molar-refractivity contribution is 9.10. The fourth-order valence-corrected chi connectivity index (χ4v) is 2.38. The van der Waals surface area contributed by atoms with Gasteiger partial charge < -0.3 is 0 Å². The number of rotatable bonds is 2. The fourth-order valence-electron chi connectivity index (χ4n) is 1.98. The molecule has 0 atom stereocenters. The minimum absolute atomic E-state index is 0.152. The van der Waals surface area contributed by atoms with Crippen LogP contribution >= 0.6 is 15.9 Å². The molecule has 0 heterocycles. The Balaban J connectivity index is 2.53. The molecule has 2 aromatic carbocycles. The van der Waals surface area contributed by atoms with Gasteiger partial charge in [-0.25, -0.2) is 4.39 Å². The monoisotopic (exact) mass is 306 g/mol. The van der Waals surface area contributed by atoms with Crippen molar-refractivity contribution in [3.8, 4) is 0 Å². The number of ketones is 1. The first-order valence-electron chi connectivity index (χ1n) is 5.56. The Morgan fingerprint density at radius 3 is 2.50 bits per heavy atom. The largest absolute Gasteiger partial charge is 0.288 e. The van der Waals surface area contributed by atoms with E-state index in [1.54, 1.807) is 25.1 Å². The zero-order valence-corrected chi connectivity index (χ0v) is 11.7. The molecule has 0 amide bonds. The molecule has 2 aromatic rings. The first-order valence-corrected chi connectivity index (χ1v) is 6.35. The molecule has 1 nitrogen and oxygen atoms in total. The van der Waals surface area contributed by atoms with Gasteiger partial charge in [-0.15, -0.1) is 0 Å². The van der Waals surface area contributed by atoms with E-state index < -0.39 is 5.82 Å². The maximum atomic E-state index is 13.9. The third-order valence-electron chi connectivity index (χ3n) is 2.75. The predicted octanol–water partition coefficient (Wildman–Crippen LogP) is 4.44. The van der Waals surface area contributed by atoms with Crippen molar-refractivity contribution in [2.45, 2.75) is 13.8 Å². The fraction of sp³-hybridized carbons (Fsp3) is 0.133. The summed E-state index contributed by atoms with van der Waals surface area (Å²) in [5.74, 6) is -0.747. The van der Waals surface area contributed by atoms with Gasteiger partial charge in [-0.3, -0.25) is 4.79 Å². The van der Waals surface area contributed by atoms with E-state index in [2.05, 4.69) is 15.9 Å². The van der Waals surface area contributed by atoms with E-state index in [0.29, 0.717) is 11.1 Å². The Kier molecular flexibility index (Phi) is 3.62. The van der Waals surface area contributed by atoms with Crippen LogP contribution in [0.5, 0.6) is 0 Å². The molecule has 0 aromatic heterocycles. The van der Waals surface area contributed by atoms with Crippen LogP contribution in [0.4, 0.5) is 4.39 Å². The van der Waals surface area contributed by atoms with Crippen molar-refractivity contribution in [1.82, 2.24) is 0 Å². The van der Waals surface area contributed by atoms with E-state index >= 15 is 0 Å². The topological polar surface area (TPSA) is 17.1 Å². The highest BCUT2D eigenvalue weighted by Crippen LogP contribution is 2.21. The van der Waals surface area contributed by atoms with Crippen molar-refractivity contribution >= 4 is 21.7 Å². The lowest BCUT2D eigenvalue weighted by molar-refractivity contribution is 0.103. The van der Waals surface area contributed by atoms with Crippen LogP contribution in [0.1, 0.15) is 27.0 Å². The van der Waals surface area contributed by atoms with Gasteiger partial charge >= 0.3 is 0 Å². The molecule has 0 bridgehead atoms. The van der Waals surface area contributed by atoms with Crippen molar-refractivity contribution in [2.24, 2.45) is 0 Å². The summed E-state index contributed by atoms with van der Waals surface area (Å²) >= 11 is 3.31. The number of benzene rings is 2. The number of halogens is 2. The zero-order chi connectivity index (χ0) is 13.3. The van der Waals surface area contributed by atoms with Gasteiger partial charge in [0, 0.05) is 10.0 Å².